The molecule has 0 saturated carbocycles. The van der Waals surface area contributed by atoms with Crippen LogP contribution in [-0.4, -0.2) is 25.7 Å². The number of pyridine rings is 2. The van der Waals surface area contributed by atoms with Gasteiger partial charge in [-0.15, -0.1) is 0 Å². The summed E-state index contributed by atoms with van der Waals surface area (Å²) in [4.78, 5) is 19.7. The van der Waals surface area contributed by atoms with Crippen molar-refractivity contribution in [2.75, 3.05) is 11.1 Å². The number of carbonyl (C=O) groups is 1. The molecule has 7 nitrogen and oxygen atoms in total. The molecule has 0 aliphatic carbocycles. The summed E-state index contributed by atoms with van der Waals surface area (Å²) in [5.41, 5.74) is 0.945. The Balaban J connectivity index is 1.84. The molecule has 3 heterocycles. The van der Waals surface area contributed by atoms with Crippen LogP contribution in [0.3, 0.4) is 0 Å². The van der Waals surface area contributed by atoms with E-state index < -0.39 is 40.9 Å². The molecule has 13 heteroatoms. The second kappa shape index (κ2) is 7.76. The van der Waals surface area contributed by atoms with Crippen LogP contribution in [0.5, 0.6) is 0 Å². The number of fused-ring (bicyclic) bond motifs is 1. The summed E-state index contributed by atoms with van der Waals surface area (Å²) in [7, 11) is 0. The Labute approximate surface area is 180 Å². The van der Waals surface area contributed by atoms with Crippen LogP contribution >= 0.6 is 0 Å². The van der Waals surface area contributed by atoms with Gasteiger partial charge in [0, 0.05) is 17.0 Å². The summed E-state index contributed by atoms with van der Waals surface area (Å²) >= 11 is 0. The zero-order chi connectivity index (χ0) is 24.0. The van der Waals surface area contributed by atoms with Crippen LogP contribution in [0.1, 0.15) is 21.7 Å². The molecule has 33 heavy (non-hydrogen) atoms. The minimum atomic E-state index is -5.09. The van der Waals surface area contributed by atoms with Gasteiger partial charge >= 0.3 is 12.4 Å². The highest BCUT2D eigenvalue weighted by Crippen LogP contribution is 2.37. The molecule has 1 amide bonds. The van der Waals surface area contributed by atoms with E-state index in [-0.39, 0.29) is 16.9 Å². The Morgan fingerprint density at radius 3 is 2.27 bits per heavy atom. The average molecular weight is 466 g/mol. The van der Waals surface area contributed by atoms with E-state index in [1.807, 2.05) is 5.32 Å². The van der Waals surface area contributed by atoms with Crippen molar-refractivity contribution < 1.29 is 31.1 Å². The first-order valence-electron chi connectivity index (χ1n) is 9.11. The van der Waals surface area contributed by atoms with Gasteiger partial charge in [0.15, 0.2) is 11.4 Å². The third kappa shape index (κ3) is 4.04. The van der Waals surface area contributed by atoms with Crippen molar-refractivity contribution in [3.63, 3.8) is 0 Å². The van der Waals surface area contributed by atoms with E-state index in [4.69, 9.17) is 5.73 Å². The Hall–Kier alpha value is -4.16. The Morgan fingerprint density at radius 1 is 0.909 bits per heavy atom. The number of hydrogen-bond donors (Lipinski definition) is 2. The third-order valence-corrected chi connectivity index (χ3v) is 4.64. The van der Waals surface area contributed by atoms with E-state index >= 15 is 0 Å². The van der Waals surface area contributed by atoms with Crippen LogP contribution in [0.2, 0.25) is 0 Å². The highest BCUT2D eigenvalue weighted by molar-refractivity contribution is 6.05. The largest absolute Gasteiger partial charge is 0.435 e. The lowest BCUT2D eigenvalue weighted by Crippen LogP contribution is -2.22. The van der Waals surface area contributed by atoms with Gasteiger partial charge in [-0.3, -0.25) is 4.79 Å². The van der Waals surface area contributed by atoms with E-state index in [9.17, 15) is 31.1 Å². The standard InChI is InChI=1S/C20H12F6N6O/c21-19(22,23)15-13(6-3-7-28-15)31-18(33)12-8-30-32(16(12)20(24,25)26)14-9-29-17(27)11-5-2-1-4-10(11)14/h1-9H,(H2,27,29)(H,31,33). The van der Waals surface area contributed by atoms with Crippen molar-refractivity contribution in [3.05, 3.63) is 71.9 Å². The molecule has 3 N–H and O–H groups in total. The van der Waals surface area contributed by atoms with Crippen molar-refractivity contribution >= 4 is 28.2 Å². The minimum Gasteiger partial charge on any atom is -0.383 e. The first-order chi connectivity index (χ1) is 15.5. The van der Waals surface area contributed by atoms with Crippen LogP contribution in [0.25, 0.3) is 16.5 Å². The van der Waals surface area contributed by atoms with Gasteiger partial charge in [-0.1, -0.05) is 24.3 Å². The fourth-order valence-electron chi connectivity index (χ4n) is 3.26. The lowest BCUT2D eigenvalue weighted by atomic mass is 10.1. The second-order valence-electron chi connectivity index (χ2n) is 6.74. The van der Waals surface area contributed by atoms with Gasteiger partial charge in [0.05, 0.1) is 29.3 Å². The number of alkyl halides is 6. The molecule has 0 aliphatic rings. The molecule has 1 aromatic carbocycles. The quantitative estimate of drug-likeness (QED) is 0.427. The van der Waals surface area contributed by atoms with Crippen molar-refractivity contribution in [2.24, 2.45) is 0 Å². The summed E-state index contributed by atoms with van der Waals surface area (Å²) in [5.74, 6) is -1.37. The first kappa shape index (κ1) is 22.0. The molecular weight excluding hydrogens is 454 g/mol. The molecule has 0 bridgehead atoms. The Kier molecular flexibility index (Phi) is 5.18. The zero-order valence-corrected chi connectivity index (χ0v) is 16.2. The lowest BCUT2D eigenvalue weighted by molar-refractivity contribution is -0.143. The van der Waals surface area contributed by atoms with Gasteiger partial charge < -0.3 is 11.1 Å². The number of halogens is 6. The number of rotatable bonds is 3. The third-order valence-electron chi connectivity index (χ3n) is 4.64. The molecule has 170 valence electrons. The van der Waals surface area contributed by atoms with Gasteiger partial charge in [0.2, 0.25) is 0 Å². The maximum absolute atomic E-state index is 14.0. The number of anilines is 2. The topological polar surface area (TPSA) is 98.7 Å². The minimum absolute atomic E-state index is 0.0734. The van der Waals surface area contributed by atoms with Crippen molar-refractivity contribution in [2.45, 2.75) is 12.4 Å². The normalized spacial score (nSPS) is 12.2. The summed E-state index contributed by atoms with van der Waals surface area (Å²) < 4.78 is 81.9. The number of aromatic nitrogens is 4. The molecule has 0 atom stereocenters. The van der Waals surface area contributed by atoms with Gasteiger partial charge in [-0.05, 0) is 12.1 Å². The van der Waals surface area contributed by atoms with E-state index in [2.05, 4.69) is 15.1 Å². The molecule has 0 spiro atoms. The maximum Gasteiger partial charge on any atom is 0.435 e. The molecule has 0 saturated heterocycles. The van der Waals surface area contributed by atoms with Crippen molar-refractivity contribution in [1.82, 2.24) is 19.7 Å². The highest BCUT2D eigenvalue weighted by atomic mass is 19.4. The van der Waals surface area contributed by atoms with Crippen LogP contribution in [0.15, 0.2) is 55.0 Å². The van der Waals surface area contributed by atoms with E-state index in [1.165, 1.54) is 6.07 Å². The number of nitrogens with zero attached hydrogens (tertiary/aromatic N) is 4. The molecular formula is C20H12F6N6O. The number of carbonyl (C=O) groups excluding carboxylic acids is 1. The van der Waals surface area contributed by atoms with Crippen LogP contribution in [0.4, 0.5) is 37.8 Å². The fourth-order valence-corrected chi connectivity index (χ4v) is 3.26. The molecule has 4 aromatic rings. The second-order valence-corrected chi connectivity index (χ2v) is 6.74. The van der Waals surface area contributed by atoms with E-state index in [0.29, 0.717) is 16.3 Å². The van der Waals surface area contributed by atoms with Crippen molar-refractivity contribution in [3.8, 4) is 5.69 Å². The fraction of sp³-hybridized carbons (Fsp3) is 0.100. The predicted molar refractivity (Wildman–Crippen MR) is 105 cm³/mol. The van der Waals surface area contributed by atoms with Gasteiger partial charge in [0.25, 0.3) is 5.91 Å². The Bertz CT molecular complexity index is 1360. The summed E-state index contributed by atoms with van der Waals surface area (Å²) in [6.07, 6.45) is -7.50. The number of hydrogen-bond acceptors (Lipinski definition) is 5. The van der Waals surface area contributed by atoms with Gasteiger partial charge in [-0.2, -0.15) is 31.4 Å². The maximum atomic E-state index is 14.0. The molecule has 0 unspecified atom stereocenters. The van der Waals surface area contributed by atoms with Gasteiger partial charge in [0.1, 0.15) is 5.82 Å². The molecule has 4 rings (SSSR count). The van der Waals surface area contributed by atoms with Gasteiger partial charge in [-0.25, -0.2) is 14.6 Å². The van der Waals surface area contributed by atoms with E-state index in [1.54, 1.807) is 18.2 Å². The number of benzene rings is 1. The van der Waals surface area contributed by atoms with E-state index in [0.717, 1.165) is 24.5 Å². The average Bonchev–Trinajstić information content (AvgIpc) is 3.20. The van der Waals surface area contributed by atoms with Crippen LogP contribution in [-0.2, 0) is 12.4 Å². The molecule has 0 fully saturated rings. The molecule has 3 aromatic heterocycles. The SMILES string of the molecule is Nc1ncc(-n2ncc(C(=O)Nc3cccnc3C(F)(F)F)c2C(F)(F)F)c2ccccc12. The molecule has 0 radical (unpaired) electrons. The molecule has 0 aliphatic heterocycles. The zero-order valence-electron chi connectivity index (χ0n) is 16.2. The van der Waals surface area contributed by atoms with Crippen LogP contribution in [0, 0.1) is 0 Å². The lowest BCUT2D eigenvalue weighted by Gasteiger charge is -2.15. The van der Waals surface area contributed by atoms with Crippen LogP contribution < -0.4 is 11.1 Å². The Morgan fingerprint density at radius 2 is 1.61 bits per heavy atom. The summed E-state index contributed by atoms with van der Waals surface area (Å²) in [6.45, 7) is 0. The van der Waals surface area contributed by atoms with Crippen molar-refractivity contribution in [1.29, 1.82) is 0 Å². The predicted octanol–water partition coefficient (Wildman–Crippen LogP) is 4.69. The monoisotopic (exact) mass is 466 g/mol. The number of nitrogen functional groups attached to an aromatic ring is 1. The summed E-state index contributed by atoms with van der Waals surface area (Å²) in [5, 5.41) is 6.16. The number of amides is 1. The first-order valence-corrected chi connectivity index (χ1v) is 9.11. The summed E-state index contributed by atoms with van der Waals surface area (Å²) in [6, 6.07) is 8.20. The number of nitrogens with two attached hydrogens (primary N) is 1. The number of nitrogens with one attached hydrogen (secondary N) is 1. The smallest absolute Gasteiger partial charge is 0.383 e. The highest BCUT2D eigenvalue weighted by Gasteiger charge is 2.42.